The van der Waals surface area contributed by atoms with Crippen molar-refractivity contribution in [3.05, 3.63) is 34.9 Å². The Morgan fingerprint density at radius 1 is 1.19 bits per heavy atom. The highest BCUT2D eigenvalue weighted by Gasteiger charge is 2.29. The molecule has 1 aliphatic heterocycles. The SMILES string of the molecule is CC(C)c1ccc(C(=O)OCC(=O)N[C@H]2CCS(=O)(=O)C2)c(C(C)C)c1. The Kier molecular flexibility index (Phi) is 6.44. The molecule has 0 aliphatic carbocycles. The lowest BCUT2D eigenvalue weighted by Gasteiger charge is -2.16. The highest BCUT2D eigenvalue weighted by Crippen LogP contribution is 2.25. The zero-order valence-corrected chi connectivity index (χ0v) is 16.6. The van der Waals surface area contributed by atoms with Crippen LogP contribution in [0.5, 0.6) is 0 Å². The van der Waals surface area contributed by atoms with Crippen LogP contribution in [0.4, 0.5) is 0 Å². The van der Waals surface area contributed by atoms with Gasteiger partial charge in [0.25, 0.3) is 5.91 Å². The van der Waals surface area contributed by atoms with Crippen molar-refractivity contribution < 1.29 is 22.7 Å². The fourth-order valence-corrected chi connectivity index (χ4v) is 4.66. The number of esters is 1. The maximum Gasteiger partial charge on any atom is 0.338 e. The predicted octanol–water partition coefficient (Wildman–Crippen LogP) is 2.39. The molecule has 7 heteroatoms. The first-order valence-corrected chi connectivity index (χ1v) is 10.7. The summed E-state index contributed by atoms with van der Waals surface area (Å²) < 4.78 is 28.0. The van der Waals surface area contributed by atoms with Crippen molar-refractivity contribution >= 4 is 21.7 Å². The summed E-state index contributed by atoms with van der Waals surface area (Å²) in [6.07, 6.45) is 0.399. The average Bonchev–Trinajstić information content (AvgIpc) is 2.90. The van der Waals surface area contributed by atoms with Crippen LogP contribution in [0.25, 0.3) is 0 Å². The predicted molar refractivity (Wildman–Crippen MR) is 100 cm³/mol. The summed E-state index contributed by atoms with van der Waals surface area (Å²) in [5.74, 6) is -0.498. The molecule has 6 nitrogen and oxygen atoms in total. The van der Waals surface area contributed by atoms with Crippen LogP contribution in [0.15, 0.2) is 18.2 Å². The van der Waals surface area contributed by atoms with E-state index in [1.54, 1.807) is 6.07 Å². The number of rotatable bonds is 6. The summed E-state index contributed by atoms with van der Waals surface area (Å²) in [7, 11) is -3.06. The maximum atomic E-state index is 12.4. The molecule has 1 atom stereocenters. The lowest BCUT2D eigenvalue weighted by Crippen LogP contribution is -2.38. The molecule has 0 radical (unpaired) electrons. The molecule has 0 spiro atoms. The Morgan fingerprint density at radius 3 is 2.42 bits per heavy atom. The van der Waals surface area contributed by atoms with Gasteiger partial charge in [-0.05, 0) is 35.4 Å². The van der Waals surface area contributed by atoms with E-state index in [-0.39, 0.29) is 17.4 Å². The van der Waals surface area contributed by atoms with Crippen molar-refractivity contribution in [1.82, 2.24) is 5.32 Å². The normalized spacial score (nSPS) is 18.9. The highest BCUT2D eigenvalue weighted by atomic mass is 32.2. The van der Waals surface area contributed by atoms with Gasteiger partial charge in [-0.2, -0.15) is 0 Å². The molecule has 26 heavy (non-hydrogen) atoms. The minimum absolute atomic E-state index is 0.0547. The van der Waals surface area contributed by atoms with Crippen molar-refractivity contribution in [3.63, 3.8) is 0 Å². The summed E-state index contributed by atoms with van der Waals surface area (Å²) in [5, 5.41) is 2.61. The Morgan fingerprint density at radius 2 is 1.88 bits per heavy atom. The molecule has 0 unspecified atom stereocenters. The van der Waals surface area contributed by atoms with Crippen LogP contribution < -0.4 is 5.32 Å². The number of sulfone groups is 1. The highest BCUT2D eigenvalue weighted by molar-refractivity contribution is 7.91. The van der Waals surface area contributed by atoms with Gasteiger partial charge in [-0.25, -0.2) is 13.2 Å². The monoisotopic (exact) mass is 381 g/mol. The summed E-state index contributed by atoms with van der Waals surface area (Å²) >= 11 is 0. The van der Waals surface area contributed by atoms with Crippen molar-refractivity contribution in [3.8, 4) is 0 Å². The first-order chi connectivity index (χ1) is 12.1. The van der Waals surface area contributed by atoms with E-state index in [2.05, 4.69) is 19.2 Å². The third kappa shape index (κ3) is 5.30. The number of hydrogen-bond donors (Lipinski definition) is 1. The third-order valence-corrected chi connectivity index (χ3v) is 6.28. The molecule has 1 N–H and O–H groups in total. The Hall–Kier alpha value is -1.89. The van der Waals surface area contributed by atoms with Gasteiger partial charge in [0, 0.05) is 6.04 Å². The molecule has 0 saturated carbocycles. The molecule has 1 aromatic carbocycles. The van der Waals surface area contributed by atoms with Crippen molar-refractivity contribution in [2.75, 3.05) is 18.1 Å². The van der Waals surface area contributed by atoms with E-state index in [9.17, 15) is 18.0 Å². The largest absolute Gasteiger partial charge is 0.452 e. The zero-order chi connectivity index (χ0) is 19.5. The van der Waals surface area contributed by atoms with E-state index in [0.717, 1.165) is 11.1 Å². The molecule has 1 amide bonds. The maximum absolute atomic E-state index is 12.4. The van der Waals surface area contributed by atoms with Gasteiger partial charge in [0.2, 0.25) is 0 Å². The van der Waals surface area contributed by atoms with Crippen LogP contribution in [-0.2, 0) is 19.4 Å². The van der Waals surface area contributed by atoms with Crippen LogP contribution in [0.3, 0.4) is 0 Å². The fraction of sp³-hybridized carbons (Fsp3) is 0.579. The smallest absolute Gasteiger partial charge is 0.338 e. The van der Waals surface area contributed by atoms with E-state index in [1.807, 2.05) is 26.0 Å². The molecule has 1 aliphatic rings. The van der Waals surface area contributed by atoms with Crippen molar-refractivity contribution in [2.45, 2.75) is 52.0 Å². The second kappa shape index (κ2) is 8.20. The Balaban J connectivity index is 1.98. The van der Waals surface area contributed by atoms with Crippen LogP contribution >= 0.6 is 0 Å². The number of nitrogens with one attached hydrogen (secondary N) is 1. The quantitative estimate of drug-likeness (QED) is 0.764. The fourth-order valence-electron chi connectivity index (χ4n) is 2.99. The Labute approximate surface area is 155 Å². The van der Waals surface area contributed by atoms with Crippen molar-refractivity contribution in [1.29, 1.82) is 0 Å². The van der Waals surface area contributed by atoms with Gasteiger partial charge in [0.05, 0.1) is 17.1 Å². The molecule has 1 saturated heterocycles. The molecule has 1 aromatic rings. The molecule has 0 bridgehead atoms. The number of ether oxygens (including phenoxy) is 1. The molecule has 1 fully saturated rings. The van der Waals surface area contributed by atoms with Crippen LogP contribution in [-0.4, -0.2) is 44.4 Å². The summed E-state index contributed by atoms with van der Waals surface area (Å²) in [6.45, 7) is 7.77. The number of carbonyl (C=O) groups excluding carboxylic acids is 2. The minimum Gasteiger partial charge on any atom is -0.452 e. The molecule has 0 aromatic heterocycles. The topological polar surface area (TPSA) is 89.5 Å². The van der Waals surface area contributed by atoms with E-state index in [1.165, 1.54) is 0 Å². The number of amides is 1. The second-order valence-corrected chi connectivity index (χ2v) is 9.63. The van der Waals surface area contributed by atoms with Crippen molar-refractivity contribution in [2.24, 2.45) is 0 Å². The van der Waals surface area contributed by atoms with E-state index < -0.39 is 34.4 Å². The molecular weight excluding hydrogens is 354 g/mol. The lowest BCUT2D eigenvalue weighted by atomic mass is 9.91. The molecule has 144 valence electrons. The first kappa shape index (κ1) is 20.4. The van der Waals surface area contributed by atoms with Gasteiger partial charge in [0.15, 0.2) is 16.4 Å². The van der Waals surface area contributed by atoms with Crippen LogP contribution in [0, 0.1) is 0 Å². The lowest BCUT2D eigenvalue weighted by molar-refractivity contribution is -0.124. The molecule has 1 heterocycles. The molecule has 2 rings (SSSR count). The standard InChI is InChI=1S/C19H27NO5S/c1-12(2)14-5-6-16(17(9-14)13(3)4)19(22)25-10-18(21)20-15-7-8-26(23,24)11-15/h5-6,9,12-13,15H,7-8,10-11H2,1-4H3,(H,20,21)/t15-/m0/s1. The average molecular weight is 381 g/mol. The van der Waals surface area contributed by atoms with Crippen LogP contribution in [0.1, 0.15) is 67.4 Å². The van der Waals surface area contributed by atoms with E-state index in [4.69, 9.17) is 4.74 Å². The van der Waals surface area contributed by atoms with Gasteiger partial charge < -0.3 is 10.1 Å². The van der Waals surface area contributed by atoms with Gasteiger partial charge in [-0.15, -0.1) is 0 Å². The second-order valence-electron chi connectivity index (χ2n) is 7.40. The minimum atomic E-state index is -3.06. The van der Waals surface area contributed by atoms with E-state index >= 15 is 0 Å². The van der Waals surface area contributed by atoms with Gasteiger partial charge >= 0.3 is 5.97 Å². The first-order valence-electron chi connectivity index (χ1n) is 8.90. The van der Waals surface area contributed by atoms with E-state index in [0.29, 0.717) is 17.9 Å². The molecular formula is C19H27NO5S. The van der Waals surface area contributed by atoms with Gasteiger partial charge in [-0.1, -0.05) is 39.8 Å². The van der Waals surface area contributed by atoms with Crippen LogP contribution in [0.2, 0.25) is 0 Å². The third-order valence-electron chi connectivity index (χ3n) is 4.52. The van der Waals surface area contributed by atoms with Gasteiger partial charge in [-0.3, -0.25) is 4.79 Å². The number of benzene rings is 1. The number of hydrogen-bond acceptors (Lipinski definition) is 5. The Bertz CT molecular complexity index is 783. The summed E-state index contributed by atoms with van der Waals surface area (Å²) in [5.41, 5.74) is 2.49. The summed E-state index contributed by atoms with van der Waals surface area (Å²) in [6, 6.07) is 5.25. The zero-order valence-electron chi connectivity index (χ0n) is 15.7. The number of carbonyl (C=O) groups is 2. The van der Waals surface area contributed by atoms with Gasteiger partial charge in [0.1, 0.15) is 0 Å². The summed E-state index contributed by atoms with van der Waals surface area (Å²) in [4.78, 5) is 24.3.